The third-order valence-electron chi connectivity index (χ3n) is 3.65. The van der Waals surface area contributed by atoms with Crippen LogP contribution in [0.2, 0.25) is 0 Å². The van der Waals surface area contributed by atoms with Gasteiger partial charge >= 0.3 is 5.69 Å². The number of aliphatic imine (C=N–C) groups is 1. The molecule has 7 heteroatoms. The lowest BCUT2D eigenvalue weighted by Crippen LogP contribution is -2.41. The number of hydrogen-bond acceptors (Lipinski definition) is 4. The van der Waals surface area contributed by atoms with Gasteiger partial charge in [0.05, 0.1) is 5.69 Å². The Bertz CT molecular complexity index is 896. The van der Waals surface area contributed by atoms with Crippen LogP contribution < -0.4 is 11.2 Å². The molecule has 0 aliphatic heterocycles. The molecular weight excluding hydrogens is 325 g/mol. The number of hydrogen-bond donors (Lipinski definition) is 1. The number of aromatic nitrogens is 2. The zero-order valence-electron chi connectivity index (χ0n) is 14.0. The lowest BCUT2D eigenvalue weighted by atomic mass is 10.3. The number of benzene rings is 1. The fourth-order valence-electron chi connectivity index (χ4n) is 2.30. The molecule has 0 fully saturated rings. The highest BCUT2D eigenvalue weighted by molar-refractivity contribution is 5.84. The highest BCUT2D eigenvalue weighted by atomic mass is 19.1. The minimum Gasteiger partial charge on any atom is -0.494 e. The topological polar surface area (TPSA) is 76.6 Å². The van der Waals surface area contributed by atoms with Crippen LogP contribution in [0.15, 0.2) is 51.5 Å². The van der Waals surface area contributed by atoms with Crippen molar-refractivity contribution in [3.8, 4) is 5.88 Å². The van der Waals surface area contributed by atoms with E-state index in [1.54, 1.807) is 0 Å². The second-order valence-corrected chi connectivity index (χ2v) is 5.46. The molecule has 2 rings (SSSR count). The predicted molar refractivity (Wildman–Crippen MR) is 95.4 cm³/mol. The Balaban J connectivity index is 2.56. The summed E-state index contributed by atoms with van der Waals surface area (Å²) in [6, 6.07) is 5.37. The van der Waals surface area contributed by atoms with Crippen LogP contribution in [-0.4, -0.2) is 20.5 Å². The predicted octanol–water partition coefficient (Wildman–Crippen LogP) is 2.59. The van der Waals surface area contributed by atoms with Crippen LogP contribution in [0.4, 0.5) is 10.1 Å². The van der Waals surface area contributed by atoms with Gasteiger partial charge in [-0.25, -0.2) is 9.18 Å². The number of halogens is 1. The van der Waals surface area contributed by atoms with E-state index in [2.05, 4.69) is 11.6 Å². The summed E-state index contributed by atoms with van der Waals surface area (Å²) in [6.45, 7) is 5.82. The second kappa shape index (κ2) is 8.23. The summed E-state index contributed by atoms with van der Waals surface area (Å²) in [5, 5.41) is 10.4. The number of aromatic hydroxyl groups is 1. The van der Waals surface area contributed by atoms with E-state index >= 15 is 0 Å². The zero-order valence-corrected chi connectivity index (χ0v) is 14.0. The third-order valence-corrected chi connectivity index (χ3v) is 3.65. The molecular formula is C18H20FN3O3. The molecule has 1 aromatic heterocycles. The van der Waals surface area contributed by atoms with Crippen molar-refractivity contribution in [2.75, 3.05) is 0 Å². The monoisotopic (exact) mass is 345 g/mol. The van der Waals surface area contributed by atoms with E-state index < -0.39 is 22.9 Å². The van der Waals surface area contributed by atoms with Crippen molar-refractivity contribution in [1.29, 1.82) is 0 Å². The Morgan fingerprint density at radius 2 is 1.92 bits per heavy atom. The lowest BCUT2D eigenvalue weighted by molar-refractivity contribution is 0.385. The summed E-state index contributed by atoms with van der Waals surface area (Å²) >= 11 is 0. The van der Waals surface area contributed by atoms with Crippen molar-refractivity contribution in [2.45, 2.75) is 32.9 Å². The number of rotatable bonds is 7. The number of allylic oxidation sites excluding steroid dienone is 1. The maximum absolute atomic E-state index is 12.9. The summed E-state index contributed by atoms with van der Waals surface area (Å²) in [5.74, 6) is -0.821. The summed E-state index contributed by atoms with van der Waals surface area (Å²) < 4.78 is 15.1. The van der Waals surface area contributed by atoms with Crippen molar-refractivity contribution in [3.63, 3.8) is 0 Å². The quantitative estimate of drug-likeness (QED) is 0.619. The van der Waals surface area contributed by atoms with Crippen molar-refractivity contribution in [3.05, 3.63) is 69.1 Å². The molecule has 25 heavy (non-hydrogen) atoms. The van der Waals surface area contributed by atoms with Gasteiger partial charge in [-0.3, -0.25) is 18.9 Å². The first kappa shape index (κ1) is 18.4. The zero-order chi connectivity index (χ0) is 18.4. The van der Waals surface area contributed by atoms with E-state index in [0.29, 0.717) is 12.1 Å². The van der Waals surface area contributed by atoms with Crippen molar-refractivity contribution in [2.24, 2.45) is 4.99 Å². The molecule has 1 aromatic carbocycles. The van der Waals surface area contributed by atoms with E-state index in [9.17, 15) is 19.1 Å². The molecule has 0 spiro atoms. The van der Waals surface area contributed by atoms with Crippen molar-refractivity contribution in [1.82, 2.24) is 9.13 Å². The number of nitrogens with zero attached hydrogens (tertiary/aromatic N) is 3. The van der Waals surface area contributed by atoms with Gasteiger partial charge in [-0.1, -0.05) is 19.4 Å². The maximum Gasteiger partial charge on any atom is 0.334 e. The van der Waals surface area contributed by atoms with Gasteiger partial charge in [0, 0.05) is 19.3 Å². The summed E-state index contributed by atoms with van der Waals surface area (Å²) in [5.41, 5.74) is -0.917. The smallest absolute Gasteiger partial charge is 0.334 e. The van der Waals surface area contributed by atoms with E-state index in [4.69, 9.17) is 0 Å². The summed E-state index contributed by atoms with van der Waals surface area (Å²) in [7, 11) is 0. The van der Waals surface area contributed by atoms with E-state index in [-0.39, 0.29) is 18.7 Å². The van der Waals surface area contributed by atoms with Gasteiger partial charge in [0.25, 0.3) is 5.56 Å². The van der Waals surface area contributed by atoms with Crippen LogP contribution in [0.5, 0.6) is 5.88 Å². The Labute approximate surface area is 144 Å². The van der Waals surface area contributed by atoms with Crippen molar-refractivity contribution >= 4 is 11.9 Å². The molecule has 1 heterocycles. The Morgan fingerprint density at radius 3 is 2.52 bits per heavy atom. The second-order valence-electron chi connectivity index (χ2n) is 5.46. The normalized spacial score (nSPS) is 11.1. The molecule has 1 N–H and O–H groups in total. The minimum atomic E-state index is -0.652. The first-order chi connectivity index (χ1) is 12.0. The molecule has 0 aliphatic rings. The van der Waals surface area contributed by atoms with Gasteiger partial charge in [0.15, 0.2) is 0 Å². The molecule has 6 nitrogen and oxygen atoms in total. The minimum absolute atomic E-state index is 0.0292. The Hall–Kier alpha value is -2.96. The first-order valence-corrected chi connectivity index (χ1v) is 7.96. The molecule has 2 aromatic rings. The van der Waals surface area contributed by atoms with Crippen LogP contribution in [-0.2, 0) is 13.1 Å². The third kappa shape index (κ3) is 4.12. The first-order valence-electron chi connectivity index (χ1n) is 7.96. The van der Waals surface area contributed by atoms with E-state index in [0.717, 1.165) is 15.6 Å². The SMILES string of the molecule is C=CCn1c(=O)c(C=Nc2ccc(F)cc2)c(O)n(CCCC)c1=O. The molecule has 0 amide bonds. The fourth-order valence-corrected chi connectivity index (χ4v) is 2.30. The summed E-state index contributed by atoms with van der Waals surface area (Å²) in [4.78, 5) is 29.0. The lowest BCUT2D eigenvalue weighted by Gasteiger charge is -2.13. The molecule has 132 valence electrons. The molecule has 0 saturated heterocycles. The van der Waals surface area contributed by atoms with Gasteiger partial charge in [0.1, 0.15) is 11.4 Å². The molecule has 0 atom stereocenters. The largest absolute Gasteiger partial charge is 0.494 e. The van der Waals surface area contributed by atoms with Crippen LogP contribution in [0.1, 0.15) is 25.3 Å². The molecule has 0 bridgehead atoms. The highest BCUT2D eigenvalue weighted by Gasteiger charge is 2.16. The number of unbranched alkanes of at least 4 members (excludes halogenated alkanes) is 1. The average Bonchev–Trinajstić information content (AvgIpc) is 2.60. The maximum atomic E-state index is 12.9. The van der Waals surface area contributed by atoms with Crippen molar-refractivity contribution < 1.29 is 9.50 Å². The van der Waals surface area contributed by atoms with E-state index in [1.165, 1.54) is 36.6 Å². The Kier molecular flexibility index (Phi) is 6.05. The van der Waals surface area contributed by atoms with Gasteiger partial charge in [-0.2, -0.15) is 0 Å². The standard InChI is InChI=1S/C18H20FN3O3/c1-3-5-11-22-17(24)15(16(23)21(10-4-2)18(22)25)12-20-14-8-6-13(19)7-9-14/h4,6-9,12,24H,2-3,5,10-11H2,1H3. The molecule has 0 radical (unpaired) electrons. The molecule has 0 saturated carbocycles. The van der Waals surface area contributed by atoms with Gasteiger partial charge in [0.2, 0.25) is 5.88 Å². The van der Waals surface area contributed by atoms with Gasteiger partial charge in [-0.15, -0.1) is 6.58 Å². The summed E-state index contributed by atoms with van der Waals surface area (Å²) in [6.07, 6.45) is 4.12. The van der Waals surface area contributed by atoms with Crippen LogP contribution >= 0.6 is 0 Å². The molecule has 0 unspecified atom stereocenters. The van der Waals surface area contributed by atoms with Gasteiger partial charge < -0.3 is 5.11 Å². The Morgan fingerprint density at radius 1 is 1.24 bits per heavy atom. The fraction of sp³-hybridized carbons (Fsp3) is 0.278. The highest BCUT2D eigenvalue weighted by Crippen LogP contribution is 2.14. The van der Waals surface area contributed by atoms with E-state index in [1.807, 2.05) is 6.92 Å². The average molecular weight is 345 g/mol. The van der Waals surface area contributed by atoms with Gasteiger partial charge in [-0.05, 0) is 30.7 Å². The van der Waals surface area contributed by atoms with Crippen LogP contribution in [0.25, 0.3) is 0 Å². The van der Waals surface area contributed by atoms with Crippen LogP contribution in [0.3, 0.4) is 0 Å². The van der Waals surface area contributed by atoms with Crippen LogP contribution in [0, 0.1) is 5.82 Å². The molecule has 0 aliphatic carbocycles.